The van der Waals surface area contributed by atoms with E-state index in [1.165, 1.54) is 4.31 Å². The Balaban J connectivity index is 1.69. The van der Waals surface area contributed by atoms with E-state index in [0.29, 0.717) is 25.9 Å². The molecule has 1 N–H and O–H groups in total. The molecule has 9 heteroatoms. The Morgan fingerprint density at radius 1 is 1.05 bits per heavy atom. The molecular weight excluding hydrogens is 312 g/mol. The molecule has 4 atom stereocenters. The van der Waals surface area contributed by atoms with Gasteiger partial charge in [0.15, 0.2) is 0 Å². The topological polar surface area (TPSA) is 104 Å². The third-order valence-electron chi connectivity index (χ3n) is 4.86. The molecule has 3 aliphatic rings. The summed E-state index contributed by atoms with van der Waals surface area (Å²) in [6, 6.07) is 0. The monoisotopic (exact) mass is 332 g/mol. The second-order valence-electron chi connectivity index (χ2n) is 6.17. The van der Waals surface area contributed by atoms with Crippen molar-refractivity contribution in [3.05, 3.63) is 0 Å². The van der Waals surface area contributed by atoms with Crippen LogP contribution in [0.4, 0.5) is 0 Å². The maximum atomic E-state index is 12.7. The summed E-state index contributed by atoms with van der Waals surface area (Å²) in [5, 5.41) is 9.36. The number of piperazine rings is 1. The van der Waals surface area contributed by atoms with Gasteiger partial charge in [0, 0.05) is 26.2 Å². The van der Waals surface area contributed by atoms with Gasteiger partial charge in [0.25, 0.3) is 0 Å². The number of carbonyl (C=O) groups excluding carboxylic acids is 1. The number of hydrogen-bond acceptors (Lipinski definition) is 5. The highest BCUT2D eigenvalue weighted by Gasteiger charge is 2.56. The third kappa shape index (κ3) is 2.61. The molecule has 0 aromatic rings. The molecule has 3 heterocycles. The van der Waals surface area contributed by atoms with Gasteiger partial charge in [0.05, 0.1) is 30.3 Å². The van der Waals surface area contributed by atoms with E-state index in [-0.39, 0.29) is 31.2 Å². The lowest BCUT2D eigenvalue weighted by Gasteiger charge is -2.36. The van der Waals surface area contributed by atoms with Gasteiger partial charge < -0.3 is 14.7 Å². The number of carboxylic acid groups (broad SMARTS) is 1. The molecule has 0 aliphatic carbocycles. The molecule has 22 heavy (non-hydrogen) atoms. The maximum absolute atomic E-state index is 12.7. The lowest BCUT2D eigenvalue weighted by Crippen LogP contribution is -2.54. The van der Waals surface area contributed by atoms with Crippen molar-refractivity contribution in [3.8, 4) is 0 Å². The van der Waals surface area contributed by atoms with Crippen LogP contribution in [0.1, 0.15) is 12.8 Å². The summed E-state index contributed by atoms with van der Waals surface area (Å²) in [4.78, 5) is 25.7. The Morgan fingerprint density at radius 3 is 2.09 bits per heavy atom. The molecule has 3 rings (SSSR count). The molecule has 0 radical (unpaired) electrons. The molecule has 0 aromatic heterocycles. The van der Waals surface area contributed by atoms with Crippen molar-refractivity contribution >= 4 is 21.9 Å². The van der Waals surface area contributed by atoms with Crippen LogP contribution in [0.2, 0.25) is 0 Å². The number of carboxylic acids is 1. The number of carbonyl (C=O) groups is 2. The molecule has 2 bridgehead atoms. The van der Waals surface area contributed by atoms with E-state index in [1.807, 2.05) is 0 Å². The number of aliphatic carboxylic acids is 1. The van der Waals surface area contributed by atoms with E-state index >= 15 is 0 Å². The van der Waals surface area contributed by atoms with E-state index < -0.39 is 27.8 Å². The van der Waals surface area contributed by atoms with Crippen molar-refractivity contribution < 1.29 is 27.9 Å². The molecule has 0 saturated carbocycles. The first-order valence-electron chi connectivity index (χ1n) is 7.41. The Hall–Kier alpha value is -1.19. The summed E-state index contributed by atoms with van der Waals surface area (Å²) in [6.45, 7) is 1.10. The number of amides is 1. The highest BCUT2D eigenvalue weighted by Crippen LogP contribution is 2.44. The van der Waals surface area contributed by atoms with Gasteiger partial charge in [-0.1, -0.05) is 0 Å². The zero-order chi connectivity index (χ0) is 16.1. The molecule has 3 saturated heterocycles. The van der Waals surface area contributed by atoms with Crippen molar-refractivity contribution in [2.45, 2.75) is 25.0 Å². The van der Waals surface area contributed by atoms with Crippen molar-refractivity contribution in [1.82, 2.24) is 9.21 Å². The van der Waals surface area contributed by atoms with Gasteiger partial charge in [-0.05, 0) is 12.8 Å². The number of hydrogen-bond donors (Lipinski definition) is 1. The molecule has 0 unspecified atom stereocenters. The molecule has 8 nitrogen and oxygen atoms in total. The molecule has 0 aromatic carbocycles. The number of ether oxygens (including phenoxy) is 1. The maximum Gasteiger partial charge on any atom is 0.310 e. The first-order chi connectivity index (χ1) is 10.3. The fourth-order valence-corrected chi connectivity index (χ4v) is 4.58. The van der Waals surface area contributed by atoms with Crippen LogP contribution in [0.3, 0.4) is 0 Å². The van der Waals surface area contributed by atoms with Crippen molar-refractivity contribution in [3.63, 3.8) is 0 Å². The summed E-state index contributed by atoms with van der Waals surface area (Å²) in [5.41, 5.74) is 0. The Bertz CT molecular complexity index is 583. The Morgan fingerprint density at radius 2 is 1.59 bits per heavy atom. The molecular formula is C13H20N2O6S. The van der Waals surface area contributed by atoms with Crippen LogP contribution < -0.4 is 0 Å². The highest BCUT2D eigenvalue weighted by molar-refractivity contribution is 7.88. The first-order valence-corrected chi connectivity index (χ1v) is 9.26. The van der Waals surface area contributed by atoms with Crippen LogP contribution in [0, 0.1) is 11.8 Å². The largest absolute Gasteiger partial charge is 0.481 e. The zero-order valence-electron chi connectivity index (χ0n) is 12.3. The summed E-state index contributed by atoms with van der Waals surface area (Å²) in [5.74, 6) is -2.62. The van der Waals surface area contributed by atoms with Gasteiger partial charge in [-0.25, -0.2) is 8.42 Å². The lowest BCUT2D eigenvalue weighted by molar-refractivity contribution is -0.151. The van der Waals surface area contributed by atoms with Crippen LogP contribution in [0.15, 0.2) is 0 Å². The lowest BCUT2D eigenvalue weighted by atomic mass is 9.78. The quantitative estimate of drug-likeness (QED) is 0.708. The van der Waals surface area contributed by atoms with Gasteiger partial charge in [-0.2, -0.15) is 4.31 Å². The van der Waals surface area contributed by atoms with Gasteiger partial charge in [0.2, 0.25) is 15.9 Å². The summed E-state index contributed by atoms with van der Waals surface area (Å²) in [6.07, 6.45) is 1.87. The number of rotatable bonds is 3. The van der Waals surface area contributed by atoms with E-state index in [2.05, 4.69) is 0 Å². The van der Waals surface area contributed by atoms with Crippen LogP contribution in [0.5, 0.6) is 0 Å². The molecule has 3 fully saturated rings. The van der Waals surface area contributed by atoms with Crippen LogP contribution in [0.25, 0.3) is 0 Å². The van der Waals surface area contributed by atoms with Gasteiger partial charge in [-0.15, -0.1) is 0 Å². The van der Waals surface area contributed by atoms with Crippen molar-refractivity contribution in [2.75, 3.05) is 32.4 Å². The van der Waals surface area contributed by atoms with Crippen LogP contribution in [-0.2, 0) is 24.3 Å². The predicted molar refractivity (Wildman–Crippen MR) is 75.5 cm³/mol. The number of nitrogens with zero attached hydrogens (tertiary/aromatic N) is 2. The summed E-state index contributed by atoms with van der Waals surface area (Å²) >= 11 is 0. The standard InChI is InChI=1S/C13H20N2O6S/c1-22(19,20)15-6-4-14(5-7-15)12(16)10-8-2-3-9(21-8)11(10)13(17)18/h8-11H,2-7H2,1H3,(H,17,18)/t8-,9+,10+,11+/m1/s1. The van der Waals surface area contributed by atoms with Gasteiger partial charge in [-0.3, -0.25) is 9.59 Å². The second-order valence-corrected chi connectivity index (χ2v) is 8.15. The Kier molecular flexibility index (Phi) is 3.90. The van der Waals surface area contributed by atoms with Gasteiger partial charge in [0.1, 0.15) is 0 Å². The predicted octanol–water partition coefficient (Wildman–Crippen LogP) is -1.03. The Labute approximate surface area is 129 Å². The average molecular weight is 332 g/mol. The normalized spacial score (nSPS) is 35.8. The second kappa shape index (κ2) is 5.47. The number of fused-ring (bicyclic) bond motifs is 2. The number of sulfonamides is 1. The van der Waals surface area contributed by atoms with Crippen LogP contribution >= 0.6 is 0 Å². The summed E-state index contributed by atoms with van der Waals surface area (Å²) in [7, 11) is -3.25. The van der Waals surface area contributed by atoms with E-state index in [9.17, 15) is 23.1 Å². The molecule has 1 amide bonds. The fourth-order valence-electron chi connectivity index (χ4n) is 3.76. The molecule has 0 spiro atoms. The highest BCUT2D eigenvalue weighted by atomic mass is 32.2. The first kappa shape index (κ1) is 15.7. The van der Waals surface area contributed by atoms with Crippen molar-refractivity contribution in [2.24, 2.45) is 11.8 Å². The minimum absolute atomic E-state index is 0.215. The molecule has 3 aliphatic heterocycles. The minimum atomic E-state index is -3.25. The fraction of sp³-hybridized carbons (Fsp3) is 0.846. The van der Waals surface area contributed by atoms with Gasteiger partial charge >= 0.3 is 5.97 Å². The summed E-state index contributed by atoms with van der Waals surface area (Å²) < 4.78 is 29.9. The van der Waals surface area contributed by atoms with Crippen LogP contribution in [-0.4, -0.2) is 79.2 Å². The minimum Gasteiger partial charge on any atom is -0.481 e. The van der Waals surface area contributed by atoms with E-state index in [0.717, 1.165) is 6.26 Å². The SMILES string of the molecule is CS(=O)(=O)N1CCN(C(=O)[C@@H]2[C@@H](C(=O)O)[C@@H]3CC[C@H]2O3)CC1. The third-order valence-corrected chi connectivity index (χ3v) is 6.17. The zero-order valence-corrected chi connectivity index (χ0v) is 13.2. The average Bonchev–Trinajstić information content (AvgIpc) is 3.06. The van der Waals surface area contributed by atoms with E-state index in [1.54, 1.807) is 4.90 Å². The van der Waals surface area contributed by atoms with Crippen molar-refractivity contribution in [1.29, 1.82) is 0 Å². The van der Waals surface area contributed by atoms with E-state index in [4.69, 9.17) is 4.74 Å². The smallest absolute Gasteiger partial charge is 0.310 e. The molecule has 124 valence electrons.